The molecule has 0 bridgehead atoms. The van der Waals surface area contributed by atoms with Gasteiger partial charge in [-0.05, 0) is 20.3 Å². The van der Waals surface area contributed by atoms with Crippen molar-refractivity contribution in [2.45, 2.75) is 33.2 Å². The average Bonchev–Trinajstić information content (AvgIpc) is 2.41. The van der Waals surface area contributed by atoms with Crippen LogP contribution in [0.3, 0.4) is 0 Å². The maximum Gasteiger partial charge on any atom is 0.234 e. The summed E-state index contributed by atoms with van der Waals surface area (Å²) in [4.78, 5) is 26.8. The second-order valence-corrected chi connectivity index (χ2v) is 4.86. The molecule has 0 aliphatic carbocycles. The molecule has 1 heterocycles. The Kier molecular flexibility index (Phi) is 5.41. The zero-order valence-electron chi connectivity index (χ0n) is 11.0. The molecule has 1 N–H and O–H groups in total. The molecular weight excluding hydrogens is 218 g/mol. The second kappa shape index (κ2) is 6.59. The van der Waals surface area contributed by atoms with Gasteiger partial charge in [0.1, 0.15) is 0 Å². The van der Waals surface area contributed by atoms with Crippen LogP contribution < -0.4 is 5.32 Å². The van der Waals surface area contributed by atoms with Gasteiger partial charge in [0.25, 0.3) is 0 Å². The summed E-state index contributed by atoms with van der Waals surface area (Å²) in [7, 11) is 0. The lowest BCUT2D eigenvalue weighted by atomic mass is 10.3. The lowest BCUT2D eigenvalue weighted by Gasteiger charge is -2.21. The first-order chi connectivity index (χ1) is 7.99. The van der Waals surface area contributed by atoms with Crippen LogP contribution in [0.2, 0.25) is 0 Å². The number of carbonyl (C=O) groups is 2. The maximum absolute atomic E-state index is 11.6. The highest BCUT2D eigenvalue weighted by Crippen LogP contribution is 2.03. The zero-order valence-corrected chi connectivity index (χ0v) is 11.0. The van der Waals surface area contributed by atoms with Gasteiger partial charge in [-0.2, -0.15) is 0 Å². The van der Waals surface area contributed by atoms with E-state index in [1.54, 1.807) is 6.92 Å². The minimum atomic E-state index is 0.0660. The molecule has 17 heavy (non-hydrogen) atoms. The van der Waals surface area contributed by atoms with Crippen LogP contribution in [-0.2, 0) is 9.59 Å². The smallest absolute Gasteiger partial charge is 0.234 e. The molecule has 0 aromatic rings. The Morgan fingerprint density at radius 1 is 1.18 bits per heavy atom. The molecule has 0 spiro atoms. The van der Waals surface area contributed by atoms with Crippen LogP contribution >= 0.6 is 0 Å². The molecule has 2 amide bonds. The topological polar surface area (TPSA) is 52.7 Å². The molecule has 0 aromatic carbocycles. The Bertz CT molecular complexity index is 279. The molecule has 5 heteroatoms. The van der Waals surface area contributed by atoms with Gasteiger partial charge in [0.05, 0.1) is 6.54 Å². The van der Waals surface area contributed by atoms with Crippen molar-refractivity contribution in [3.05, 3.63) is 0 Å². The molecular formula is C12H23N3O2. The Hall–Kier alpha value is -1.10. The van der Waals surface area contributed by atoms with Crippen molar-refractivity contribution in [2.75, 3.05) is 32.7 Å². The first kappa shape index (κ1) is 14.0. The SMILES string of the molecule is CC(=O)N1CCCN(CC(=O)NC(C)C)CC1. The Morgan fingerprint density at radius 2 is 1.88 bits per heavy atom. The van der Waals surface area contributed by atoms with Gasteiger partial charge in [0.15, 0.2) is 0 Å². The van der Waals surface area contributed by atoms with E-state index in [4.69, 9.17) is 0 Å². The standard InChI is InChI=1S/C12H23N3O2/c1-10(2)13-12(17)9-14-5-4-6-15(8-7-14)11(3)16/h10H,4-9H2,1-3H3,(H,13,17). The fraction of sp³-hybridized carbons (Fsp3) is 0.833. The summed E-state index contributed by atoms with van der Waals surface area (Å²) < 4.78 is 0. The van der Waals surface area contributed by atoms with E-state index in [0.29, 0.717) is 6.54 Å². The number of hydrogen-bond acceptors (Lipinski definition) is 3. The molecule has 0 radical (unpaired) electrons. The molecule has 0 saturated carbocycles. The molecule has 0 aromatic heterocycles. The van der Waals surface area contributed by atoms with Crippen LogP contribution in [0.5, 0.6) is 0 Å². The molecule has 98 valence electrons. The molecule has 1 rings (SSSR count). The van der Waals surface area contributed by atoms with E-state index < -0.39 is 0 Å². The highest BCUT2D eigenvalue weighted by molar-refractivity contribution is 5.78. The van der Waals surface area contributed by atoms with Crippen LogP contribution in [0.25, 0.3) is 0 Å². The molecule has 0 unspecified atom stereocenters. The van der Waals surface area contributed by atoms with Crippen molar-refractivity contribution in [2.24, 2.45) is 0 Å². The minimum Gasteiger partial charge on any atom is -0.353 e. The predicted molar refractivity (Wildman–Crippen MR) is 66.6 cm³/mol. The summed E-state index contributed by atoms with van der Waals surface area (Å²) in [6, 6.07) is 0.184. The number of amides is 2. The molecule has 1 aliphatic heterocycles. The first-order valence-electron chi connectivity index (χ1n) is 6.26. The summed E-state index contributed by atoms with van der Waals surface area (Å²) >= 11 is 0. The fourth-order valence-electron chi connectivity index (χ4n) is 2.01. The Labute approximate surface area is 103 Å². The fourth-order valence-corrected chi connectivity index (χ4v) is 2.01. The number of rotatable bonds is 3. The van der Waals surface area contributed by atoms with E-state index in [2.05, 4.69) is 10.2 Å². The second-order valence-electron chi connectivity index (χ2n) is 4.86. The molecule has 1 saturated heterocycles. The number of nitrogens with one attached hydrogen (secondary N) is 1. The summed E-state index contributed by atoms with van der Waals surface area (Å²) in [6.45, 7) is 9.14. The third-order valence-electron chi connectivity index (χ3n) is 2.85. The van der Waals surface area contributed by atoms with E-state index >= 15 is 0 Å². The van der Waals surface area contributed by atoms with Crippen LogP contribution in [0.4, 0.5) is 0 Å². The quantitative estimate of drug-likeness (QED) is 0.760. The molecule has 5 nitrogen and oxygen atoms in total. The highest BCUT2D eigenvalue weighted by atomic mass is 16.2. The summed E-state index contributed by atoms with van der Waals surface area (Å²) in [5.74, 6) is 0.190. The Morgan fingerprint density at radius 3 is 2.47 bits per heavy atom. The summed E-state index contributed by atoms with van der Waals surface area (Å²) in [5, 5.41) is 2.88. The molecule has 0 atom stereocenters. The first-order valence-corrected chi connectivity index (χ1v) is 6.26. The number of hydrogen-bond donors (Lipinski definition) is 1. The van der Waals surface area contributed by atoms with Crippen molar-refractivity contribution < 1.29 is 9.59 Å². The van der Waals surface area contributed by atoms with Gasteiger partial charge in [-0.15, -0.1) is 0 Å². The molecule has 1 fully saturated rings. The lowest BCUT2D eigenvalue weighted by molar-refractivity contribution is -0.128. The van der Waals surface area contributed by atoms with E-state index in [1.165, 1.54) is 0 Å². The average molecular weight is 241 g/mol. The monoisotopic (exact) mass is 241 g/mol. The Balaban J connectivity index is 2.36. The van der Waals surface area contributed by atoms with Gasteiger partial charge in [-0.25, -0.2) is 0 Å². The van der Waals surface area contributed by atoms with Crippen molar-refractivity contribution in [1.29, 1.82) is 0 Å². The van der Waals surface area contributed by atoms with Crippen molar-refractivity contribution >= 4 is 11.8 Å². The van der Waals surface area contributed by atoms with E-state index in [1.807, 2.05) is 18.7 Å². The summed E-state index contributed by atoms with van der Waals surface area (Å²) in [5.41, 5.74) is 0. The van der Waals surface area contributed by atoms with E-state index in [0.717, 1.165) is 32.6 Å². The van der Waals surface area contributed by atoms with Gasteiger partial charge in [0.2, 0.25) is 11.8 Å². The zero-order chi connectivity index (χ0) is 12.8. The summed E-state index contributed by atoms with van der Waals surface area (Å²) in [6.07, 6.45) is 0.939. The maximum atomic E-state index is 11.6. The third kappa shape index (κ3) is 5.17. The van der Waals surface area contributed by atoms with Crippen LogP contribution in [0, 0.1) is 0 Å². The van der Waals surface area contributed by atoms with Gasteiger partial charge >= 0.3 is 0 Å². The van der Waals surface area contributed by atoms with Crippen molar-refractivity contribution in [1.82, 2.24) is 15.1 Å². The van der Waals surface area contributed by atoms with Gasteiger partial charge in [-0.3, -0.25) is 14.5 Å². The molecule has 1 aliphatic rings. The van der Waals surface area contributed by atoms with Gasteiger partial charge < -0.3 is 10.2 Å². The predicted octanol–water partition coefficient (Wildman–Crippen LogP) is 0.0652. The van der Waals surface area contributed by atoms with Crippen LogP contribution in [-0.4, -0.2) is 60.4 Å². The number of nitrogens with zero attached hydrogens (tertiary/aromatic N) is 2. The van der Waals surface area contributed by atoms with E-state index in [-0.39, 0.29) is 17.9 Å². The van der Waals surface area contributed by atoms with E-state index in [9.17, 15) is 9.59 Å². The van der Waals surface area contributed by atoms with Crippen LogP contribution in [0.15, 0.2) is 0 Å². The van der Waals surface area contributed by atoms with Gasteiger partial charge in [-0.1, -0.05) is 0 Å². The van der Waals surface area contributed by atoms with Crippen LogP contribution in [0.1, 0.15) is 27.2 Å². The normalized spacial score (nSPS) is 18.0. The third-order valence-corrected chi connectivity index (χ3v) is 2.85. The lowest BCUT2D eigenvalue weighted by Crippen LogP contribution is -2.41. The largest absolute Gasteiger partial charge is 0.353 e. The van der Waals surface area contributed by atoms with Crippen molar-refractivity contribution in [3.8, 4) is 0 Å². The van der Waals surface area contributed by atoms with Gasteiger partial charge in [0, 0.05) is 39.1 Å². The minimum absolute atomic E-state index is 0.0660. The highest BCUT2D eigenvalue weighted by Gasteiger charge is 2.18. The number of carbonyl (C=O) groups excluding carboxylic acids is 2. The van der Waals surface area contributed by atoms with Crippen molar-refractivity contribution in [3.63, 3.8) is 0 Å².